The Bertz CT molecular complexity index is 269. The molecule has 0 unspecified atom stereocenters. The van der Waals surface area contributed by atoms with E-state index < -0.39 is 18.0 Å². The van der Waals surface area contributed by atoms with E-state index >= 15 is 0 Å². The van der Waals surface area contributed by atoms with Gasteiger partial charge in [0.1, 0.15) is 6.04 Å². The standard InChI is InChI=1S/C12H25N3O3/c1-9(2)15(4)8-6-5-7-13-12(18)14-10(3)11(16)17/h9-10H,5-8H2,1-4H3,(H,16,17)(H2,13,14,18)/t10-/m1/s1. The molecule has 106 valence electrons. The van der Waals surface area contributed by atoms with Crippen LogP contribution in [0.15, 0.2) is 0 Å². The van der Waals surface area contributed by atoms with Crippen molar-refractivity contribution >= 4 is 12.0 Å². The molecule has 0 saturated heterocycles. The van der Waals surface area contributed by atoms with E-state index in [1.54, 1.807) is 0 Å². The highest BCUT2D eigenvalue weighted by molar-refractivity contribution is 5.82. The van der Waals surface area contributed by atoms with Crippen molar-refractivity contribution in [1.82, 2.24) is 15.5 Å². The van der Waals surface area contributed by atoms with Crippen LogP contribution in [0.1, 0.15) is 33.6 Å². The fourth-order valence-corrected chi connectivity index (χ4v) is 1.26. The minimum absolute atomic E-state index is 0.429. The van der Waals surface area contributed by atoms with Crippen molar-refractivity contribution in [3.8, 4) is 0 Å². The van der Waals surface area contributed by atoms with Crippen LogP contribution in [0.2, 0.25) is 0 Å². The number of nitrogens with one attached hydrogen (secondary N) is 2. The number of rotatable bonds is 8. The number of carbonyl (C=O) groups is 2. The second kappa shape index (κ2) is 8.74. The van der Waals surface area contributed by atoms with E-state index in [-0.39, 0.29) is 0 Å². The molecular formula is C12H25N3O3. The van der Waals surface area contributed by atoms with E-state index in [4.69, 9.17) is 5.11 Å². The van der Waals surface area contributed by atoms with Gasteiger partial charge < -0.3 is 20.6 Å². The molecule has 0 aromatic rings. The van der Waals surface area contributed by atoms with Crippen molar-refractivity contribution in [2.24, 2.45) is 0 Å². The summed E-state index contributed by atoms with van der Waals surface area (Å²) in [5.74, 6) is -1.04. The van der Waals surface area contributed by atoms with E-state index in [2.05, 4.69) is 36.4 Å². The second-order valence-electron chi connectivity index (χ2n) is 4.74. The van der Waals surface area contributed by atoms with Crippen LogP contribution < -0.4 is 10.6 Å². The van der Waals surface area contributed by atoms with Gasteiger partial charge in [-0.05, 0) is 47.2 Å². The number of hydrogen-bond donors (Lipinski definition) is 3. The van der Waals surface area contributed by atoms with E-state index in [0.29, 0.717) is 12.6 Å². The second-order valence-corrected chi connectivity index (χ2v) is 4.74. The minimum atomic E-state index is -1.04. The molecule has 0 rings (SSSR count). The van der Waals surface area contributed by atoms with E-state index in [9.17, 15) is 9.59 Å². The van der Waals surface area contributed by atoms with Crippen LogP contribution in [0.4, 0.5) is 4.79 Å². The first-order chi connectivity index (χ1) is 8.34. The first-order valence-electron chi connectivity index (χ1n) is 6.32. The highest BCUT2D eigenvalue weighted by atomic mass is 16.4. The Kier molecular flexibility index (Phi) is 8.11. The van der Waals surface area contributed by atoms with Gasteiger partial charge in [0.25, 0.3) is 0 Å². The summed E-state index contributed by atoms with van der Waals surface area (Å²) >= 11 is 0. The molecule has 6 heteroatoms. The average Bonchev–Trinajstić information content (AvgIpc) is 2.27. The quantitative estimate of drug-likeness (QED) is 0.565. The number of nitrogens with zero attached hydrogens (tertiary/aromatic N) is 1. The summed E-state index contributed by atoms with van der Waals surface area (Å²) in [6, 6.07) is -0.767. The van der Waals surface area contributed by atoms with Gasteiger partial charge in [-0.1, -0.05) is 0 Å². The molecule has 0 aliphatic rings. The topological polar surface area (TPSA) is 81.7 Å². The predicted octanol–water partition coefficient (Wildman–Crippen LogP) is 0.879. The van der Waals surface area contributed by atoms with Crippen LogP contribution in [-0.2, 0) is 4.79 Å². The minimum Gasteiger partial charge on any atom is -0.480 e. The molecule has 0 aliphatic carbocycles. The molecule has 0 aromatic heterocycles. The fraction of sp³-hybridized carbons (Fsp3) is 0.833. The summed E-state index contributed by atoms with van der Waals surface area (Å²) in [7, 11) is 2.07. The molecular weight excluding hydrogens is 234 g/mol. The maximum atomic E-state index is 11.3. The molecule has 0 spiro atoms. The third kappa shape index (κ3) is 7.89. The van der Waals surface area contributed by atoms with Gasteiger partial charge in [0.2, 0.25) is 0 Å². The molecule has 3 N–H and O–H groups in total. The molecule has 0 bridgehead atoms. The van der Waals surface area contributed by atoms with Gasteiger partial charge in [-0.3, -0.25) is 4.79 Å². The molecule has 0 aromatic carbocycles. The van der Waals surface area contributed by atoms with Crippen molar-refractivity contribution < 1.29 is 14.7 Å². The number of carboxylic acid groups (broad SMARTS) is 1. The number of unbranched alkanes of at least 4 members (excludes halogenated alkanes) is 1. The van der Waals surface area contributed by atoms with Crippen molar-refractivity contribution in [3.63, 3.8) is 0 Å². The molecule has 0 radical (unpaired) electrons. The van der Waals surface area contributed by atoms with E-state index in [1.165, 1.54) is 6.92 Å². The van der Waals surface area contributed by atoms with Crippen LogP contribution >= 0.6 is 0 Å². The third-order valence-corrected chi connectivity index (χ3v) is 2.82. The Morgan fingerprint density at radius 2 is 1.83 bits per heavy atom. The molecule has 0 heterocycles. The van der Waals surface area contributed by atoms with Gasteiger partial charge in [0.05, 0.1) is 0 Å². The van der Waals surface area contributed by atoms with Gasteiger partial charge in [-0.25, -0.2) is 4.79 Å². The molecule has 0 aliphatic heterocycles. The number of carbonyl (C=O) groups excluding carboxylic acids is 1. The Labute approximate surface area is 109 Å². The summed E-state index contributed by atoms with van der Waals surface area (Å²) in [6.07, 6.45) is 1.88. The summed E-state index contributed by atoms with van der Waals surface area (Å²) in [4.78, 5) is 24.0. The van der Waals surface area contributed by atoms with Crippen LogP contribution in [0.25, 0.3) is 0 Å². The largest absolute Gasteiger partial charge is 0.480 e. The maximum absolute atomic E-state index is 11.3. The molecule has 18 heavy (non-hydrogen) atoms. The number of aliphatic carboxylic acids is 1. The summed E-state index contributed by atoms with van der Waals surface area (Å²) in [5.41, 5.74) is 0. The Morgan fingerprint density at radius 3 is 2.33 bits per heavy atom. The van der Waals surface area contributed by atoms with Crippen LogP contribution in [0.3, 0.4) is 0 Å². The number of carboxylic acids is 1. The number of hydrogen-bond acceptors (Lipinski definition) is 3. The Morgan fingerprint density at radius 1 is 1.22 bits per heavy atom. The van der Waals surface area contributed by atoms with Crippen LogP contribution in [-0.4, -0.2) is 54.2 Å². The molecule has 6 nitrogen and oxygen atoms in total. The normalized spacial score (nSPS) is 12.6. The van der Waals surface area contributed by atoms with E-state index in [0.717, 1.165) is 19.4 Å². The van der Waals surface area contributed by atoms with E-state index in [1.807, 2.05) is 0 Å². The van der Waals surface area contributed by atoms with Gasteiger partial charge in [-0.2, -0.15) is 0 Å². The molecule has 0 saturated carbocycles. The average molecular weight is 259 g/mol. The monoisotopic (exact) mass is 259 g/mol. The fourth-order valence-electron chi connectivity index (χ4n) is 1.26. The zero-order chi connectivity index (χ0) is 14.1. The van der Waals surface area contributed by atoms with Gasteiger partial charge in [0, 0.05) is 12.6 Å². The SMILES string of the molecule is CC(C)N(C)CCCCNC(=O)N[C@H](C)C(=O)O. The summed E-state index contributed by atoms with van der Waals surface area (Å²) in [6.45, 7) is 7.26. The van der Waals surface area contributed by atoms with Crippen LogP contribution in [0.5, 0.6) is 0 Å². The zero-order valence-corrected chi connectivity index (χ0v) is 11.7. The Balaban J connectivity index is 3.55. The smallest absolute Gasteiger partial charge is 0.325 e. The first kappa shape index (κ1) is 16.7. The lowest BCUT2D eigenvalue weighted by Gasteiger charge is -2.20. The highest BCUT2D eigenvalue weighted by Gasteiger charge is 2.12. The van der Waals surface area contributed by atoms with Crippen molar-refractivity contribution in [1.29, 1.82) is 0 Å². The lowest BCUT2D eigenvalue weighted by Crippen LogP contribution is -2.44. The van der Waals surface area contributed by atoms with Gasteiger partial charge >= 0.3 is 12.0 Å². The van der Waals surface area contributed by atoms with Crippen molar-refractivity contribution in [2.45, 2.75) is 45.7 Å². The third-order valence-electron chi connectivity index (χ3n) is 2.82. The maximum Gasteiger partial charge on any atom is 0.325 e. The predicted molar refractivity (Wildman–Crippen MR) is 70.6 cm³/mol. The molecule has 2 amide bonds. The van der Waals surface area contributed by atoms with Crippen LogP contribution in [0, 0.1) is 0 Å². The lowest BCUT2D eigenvalue weighted by atomic mass is 10.2. The Hall–Kier alpha value is -1.30. The number of amides is 2. The molecule has 0 fully saturated rings. The molecule has 1 atom stereocenters. The summed E-state index contributed by atoms with van der Waals surface area (Å²) < 4.78 is 0. The highest BCUT2D eigenvalue weighted by Crippen LogP contribution is 1.97. The van der Waals surface area contributed by atoms with Gasteiger partial charge in [0.15, 0.2) is 0 Å². The van der Waals surface area contributed by atoms with Crippen molar-refractivity contribution in [3.05, 3.63) is 0 Å². The van der Waals surface area contributed by atoms with Crippen molar-refractivity contribution in [2.75, 3.05) is 20.1 Å². The van der Waals surface area contributed by atoms with Gasteiger partial charge in [-0.15, -0.1) is 0 Å². The first-order valence-corrected chi connectivity index (χ1v) is 6.32. The summed E-state index contributed by atoms with van der Waals surface area (Å²) in [5, 5.41) is 13.6. The zero-order valence-electron chi connectivity index (χ0n) is 11.7. The lowest BCUT2D eigenvalue weighted by molar-refractivity contribution is -0.138. The number of urea groups is 1.